The zero-order valence-corrected chi connectivity index (χ0v) is 16.5. The molecule has 0 aliphatic carbocycles. The van der Waals surface area contributed by atoms with Crippen LogP contribution in [0.3, 0.4) is 0 Å². The largest absolute Gasteiger partial charge is 0.496 e. The maximum Gasteiger partial charge on any atom is 0.222 e. The Labute approximate surface area is 166 Å². The predicted molar refractivity (Wildman–Crippen MR) is 108 cm³/mol. The van der Waals surface area contributed by atoms with Gasteiger partial charge in [0, 0.05) is 43.6 Å². The van der Waals surface area contributed by atoms with Gasteiger partial charge in [-0.15, -0.1) is 0 Å². The van der Waals surface area contributed by atoms with Gasteiger partial charge in [-0.25, -0.2) is 0 Å². The third-order valence-corrected chi connectivity index (χ3v) is 6.40. The molecular weight excluding hydrogens is 352 g/mol. The zero-order valence-electron chi connectivity index (χ0n) is 16.5. The number of methoxy groups -OCH3 is 1. The minimum Gasteiger partial charge on any atom is -0.496 e. The molecule has 2 aromatic carbocycles. The minimum atomic E-state index is -0.125. The standard InChI is InChI=1S/C23H28N2O3/c1-3-21(27)24-15-23(16-24)22(17-9-5-4-6-10-17)19(14-26)25(23)13-18-11-7-8-12-20(18)28-2/h4-12,19,22,26H,3,13-16H2,1-2H3/t19-,22-/m1/s1. The van der Waals surface area contributed by atoms with Crippen LogP contribution in [0.4, 0.5) is 0 Å². The van der Waals surface area contributed by atoms with Crippen molar-refractivity contribution in [2.45, 2.75) is 37.4 Å². The Kier molecular flexibility index (Phi) is 5.13. The van der Waals surface area contributed by atoms with Crippen LogP contribution in [-0.4, -0.2) is 59.2 Å². The molecule has 2 atom stereocenters. The number of likely N-dealkylation sites (tertiary alicyclic amines) is 2. The van der Waals surface area contributed by atoms with Crippen LogP contribution in [0.25, 0.3) is 0 Å². The minimum absolute atomic E-state index is 0.0335. The topological polar surface area (TPSA) is 53.0 Å². The van der Waals surface area contributed by atoms with Crippen LogP contribution in [0.5, 0.6) is 5.75 Å². The number of carbonyl (C=O) groups excluding carboxylic acids is 1. The summed E-state index contributed by atoms with van der Waals surface area (Å²) in [5, 5.41) is 10.2. The molecule has 1 amide bonds. The second-order valence-electron chi connectivity index (χ2n) is 7.78. The second-order valence-corrected chi connectivity index (χ2v) is 7.78. The highest BCUT2D eigenvalue weighted by Crippen LogP contribution is 2.54. The number of benzene rings is 2. The van der Waals surface area contributed by atoms with Crippen molar-refractivity contribution in [3.05, 3.63) is 65.7 Å². The van der Waals surface area contributed by atoms with Crippen molar-refractivity contribution >= 4 is 5.91 Å². The maximum absolute atomic E-state index is 12.2. The molecule has 0 aromatic heterocycles. The predicted octanol–water partition coefficient (Wildman–Crippen LogP) is 2.65. The van der Waals surface area contributed by atoms with Crippen molar-refractivity contribution in [3.63, 3.8) is 0 Å². The number of aliphatic hydroxyl groups is 1. The molecule has 1 N–H and O–H groups in total. The third-order valence-electron chi connectivity index (χ3n) is 6.40. The zero-order chi connectivity index (χ0) is 19.7. The van der Waals surface area contributed by atoms with Crippen molar-refractivity contribution in [2.75, 3.05) is 26.8 Å². The first-order valence-electron chi connectivity index (χ1n) is 9.97. The van der Waals surface area contributed by atoms with Crippen LogP contribution in [0.1, 0.15) is 30.4 Å². The molecule has 0 unspecified atom stereocenters. The first-order chi connectivity index (χ1) is 13.6. The van der Waals surface area contributed by atoms with Gasteiger partial charge in [-0.05, 0) is 11.6 Å². The fraction of sp³-hybridized carbons (Fsp3) is 0.435. The van der Waals surface area contributed by atoms with Crippen LogP contribution >= 0.6 is 0 Å². The van der Waals surface area contributed by atoms with Gasteiger partial charge in [0.2, 0.25) is 5.91 Å². The average Bonchev–Trinajstić information content (AvgIpc) is 2.70. The molecule has 2 heterocycles. The molecule has 148 valence electrons. The number of carbonyl (C=O) groups is 1. The molecule has 0 radical (unpaired) electrons. The lowest BCUT2D eigenvalue weighted by atomic mass is 9.60. The molecule has 5 nitrogen and oxygen atoms in total. The van der Waals surface area contributed by atoms with Crippen LogP contribution in [0.15, 0.2) is 54.6 Å². The SMILES string of the molecule is CCC(=O)N1CC2(C1)[C@H](c1ccccc1)[C@@H](CO)N2Cc1ccccc1OC. The quantitative estimate of drug-likeness (QED) is 0.837. The van der Waals surface area contributed by atoms with Gasteiger partial charge in [0.15, 0.2) is 0 Å². The lowest BCUT2D eigenvalue weighted by molar-refractivity contribution is -0.200. The Morgan fingerprint density at radius 2 is 1.82 bits per heavy atom. The molecular formula is C23H28N2O3. The number of para-hydroxylation sites is 1. The fourth-order valence-corrected chi connectivity index (χ4v) is 5.05. The Hall–Kier alpha value is -2.37. The van der Waals surface area contributed by atoms with Crippen LogP contribution in [0, 0.1) is 0 Å². The Morgan fingerprint density at radius 1 is 1.14 bits per heavy atom. The van der Waals surface area contributed by atoms with Crippen molar-refractivity contribution in [1.82, 2.24) is 9.80 Å². The van der Waals surface area contributed by atoms with Gasteiger partial charge in [-0.1, -0.05) is 55.5 Å². The van der Waals surface area contributed by atoms with Gasteiger partial charge in [0.1, 0.15) is 5.75 Å². The summed E-state index contributed by atoms with van der Waals surface area (Å²) in [6, 6.07) is 18.5. The van der Waals surface area contributed by atoms with E-state index in [2.05, 4.69) is 23.1 Å². The highest BCUT2D eigenvalue weighted by molar-refractivity contribution is 5.77. The number of hydrogen-bond acceptors (Lipinski definition) is 4. The van der Waals surface area contributed by atoms with E-state index in [4.69, 9.17) is 4.74 Å². The van der Waals surface area contributed by atoms with E-state index < -0.39 is 0 Å². The summed E-state index contributed by atoms with van der Waals surface area (Å²) in [4.78, 5) is 16.5. The van der Waals surface area contributed by atoms with E-state index in [1.165, 1.54) is 5.56 Å². The van der Waals surface area contributed by atoms with Gasteiger partial charge in [0.05, 0.1) is 19.3 Å². The van der Waals surface area contributed by atoms with Crippen LogP contribution in [-0.2, 0) is 11.3 Å². The van der Waals surface area contributed by atoms with E-state index in [1.54, 1.807) is 7.11 Å². The smallest absolute Gasteiger partial charge is 0.222 e. The summed E-state index contributed by atoms with van der Waals surface area (Å²) in [6.07, 6.45) is 0.530. The molecule has 2 fully saturated rings. The molecule has 2 aliphatic heterocycles. The maximum atomic E-state index is 12.2. The van der Waals surface area contributed by atoms with Crippen LogP contribution < -0.4 is 4.74 Å². The molecule has 2 saturated heterocycles. The number of amides is 1. The third kappa shape index (κ3) is 2.90. The van der Waals surface area contributed by atoms with Crippen molar-refractivity contribution in [3.8, 4) is 5.75 Å². The number of aliphatic hydroxyl groups excluding tert-OH is 1. The number of rotatable bonds is 6. The average molecular weight is 380 g/mol. The summed E-state index contributed by atoms with van der Waals surface area (Å²) in [5.74, 6) is 1.27. The van der Waals surface area contributed by atoms with Gasteiger partial charge < -0.3 is 14.7 Å². The molecule has 1 spiro atoms. The fourth-order valence-electron chi connectivity index (χ4n) is 5.05. The summed E-state index contributed by atoms with van der Waals surface area (Å²) in [5.41, 5.74) is 2.22. The van der Waals surface area contributed by atoms with Crippen LogP contribution in [0.2, 0.25) is 0 Å². The van der Waals surface area contributed by atoms with Gasteiger partial charge in [0.25, 0.3) is 0 Å². The normalized spacial score (nSPS) is 23.2. The van der Waals surface area contributed by atoms with Crippen molar-refractivity contribution in [2.24, 2.45) is 0 Å². The van der Waals surface area contributed by atoms with E-state index >= 15 is 0 Å². The summed E-state index contributed by atoms with van der Waals surface area (Å²) in [7, 11) is 1.69. The van der Waals surface area contributed by atoms with Crippen molar-refractivity contribution < 1.29 is 14.6 Å². The molecule has 0 bridgehead atoms. The monoisotopic (exact) mass is 380 g/mol. The molecule has 4 rings (SSSR count). The van der Waals surface area contributed by atoms with E-state index in [1.807, 2.05) is 48.2 Å². The van der Waals surface area contributed by atoms with Gasteiger partial charge >= 0.3 is 0 Å². The Bertz CT molecular complexity index is 833. The van der Waals surface area contributed by atoms with E-state index in [9.17, 15) is 9.90 Å². The second kappa shape index (κ2) is 7.57. The Morgan fingerprint density at radius 3 is 2.46 bits per heavy atom. The van der Waals surface area contributed by atoms with Crippen molar-refractivity contribution in [1.29, 1.82) is 0 Å². The first kappa shape index (κ1) is 19.0. The van der Waals surface area contributed by atoms with Gasteiger partial charge in [-0.2, -0.15) is 0 Å². The van der Waals surface area contributed by atoms with E-state index in [0.717, 1.165) is 11.3 Å². The molecule has 2 aromatic rings. The van der Waals surface area contributed by atoms with E-state index in [0.29, 0.717) is 26.1 Å². The lowest BCUT2D eigenvalue weighted by Crippen LogP contribution is -2.84. The highest BCUT2D eigenvalue weighted by atomic mass is 16.5. The number of hydrogen-bond donors (Lipinski definition) is 1. The molecule has 2 aliphatic rings. The highest BCUT2D eigenvalue weighted by Gasteiger charge is 2.66. The van der Waals surface area contributed by atoms with Gasteiger partial charge in [-0.3, -0.25) is 9.69 Å². The van der Waals surface area contributed by atoms with E-state index in [-0.39, 0.29) is 30.0 Å². The molecule has 5 heteroatoms. The lowest BCUT2D eigenvalue weighted by Gasteiger charge is -2.71. The summed E-state index contributed by atoms with van der Waals surface area (Å²) in [6.45, 7) is 4.13. The summed E-state index contributed by atoms with van der Waals surface area (Å²) >= 11 is 0. The first-order valence-corrected chi connectivity index (χ1v) is 9.97. The molecule has 28 heavy (non-hydrogen) atoms. The number of ether oxygens (including phenoxy) is 1. The summed E-state index contributed by atoms with van der Waals surface area (Å²) < 4.78 is 5.54. The number of nitrogens with zero attached hydrogens (tertiary/aromatic N) is 2. The Balaban J connectivity index is 1.65. The molecule has 0 saturated carbocycles.